The molecule has 3 rings (SSSR count). The fraction of sp³-hybridized carbons (Fsp3) is 0.739. The summed E-state index contributed by atoms with van der Waals surface area (Å²) in [5.41, 5.74) is 0. The Morgan fingerprint density at radius 1 is 0.893 bits per heavy atom. The average molecular weight is 401 g/mol. The Bertz CT molecular complexity index is 617. The summed E-state index contributed by atoms with van der Waals surface area (Å²) in [6, 6.07) is 2.55. The third kappa shape index (κ3) is 5.42. The molecule has 1 aromatic carbocycles. The molecule has 0 saturated heterocycles. The van der Waals surface area contributed by atoms with Gasteiger partial charge in [0, 0.05) is 6.07 Å². The molecule has 2 fully saturated rings. The summed E-state index contributed by atoms with van der Waals surface area (Å²) < 4.78 is 60.0. The van der Waals surface area contributed by atoms with Crippen molar-refractivity contribution in [3.8, 4) is 5.75 Å². The van der Waals surface area contributed by atoms with E-state index in [1.807, 2.05) is 0 Å². The Kier molecular flexibility index (Phi) is 7.27. The maximum atomic E-state index is 14.5. The second-order valence-corrected chi connectivity index (χ2v) is 8.77. The van der Waals surface area contributed by atoms with E-state index < -0.39 is 23.7 Å². The van der Waals surface area contributed by atoms with E-state index in [1.54, 1.807) is 0 Å². The van der Waals surface area contributed by atoms with Gasteiger partial charge in [0.15, 0.2) is 11.6 Å². The minimum Gasteiger partial charge on any atom is -0.432 e. The highest BCUT2D eigenvalue weighted by molar-refractivity contribution is 5.24. The van der Waals surface area contributed by atoms with Crippen molar-refractivity contribution >= 4 is 0 Å². The first-order valence-corrected chi connectivity index (χ1v) is 10.9. The largest absolute Gasteiger partial charge is 0.432 e. The molecule has 2 aliphatic rings. The molecular formula is C23H32F4O. The minimum absolute atomic E-state index is 0.323. The SMILES string of the molecule is CCCCC1CCC(C2CCC(C(F)(F)Oc3ccc(F)c(F)c3)CC2)CC1. The van der Waals surface area contributed by atoms with Crippen molar-refractivity contribution in [2.75, 3.05) is 0 Å². The van der Waals surface area contributed by atoms with Gasteiger partial charge in [-0.3, -0.25) is 0 Å². The lowest BCUT2D eigenvalue weighted by atomic mass is 9.68. The highest BCUT2D eigenvalue weighted by Gasteiger charge is 2.45. The van der Waals surface area contributed by atoms with Gasteiger partial charge in [-0.25, -0.2) is 8.78 Å². The van der Waals surface area contributed by atoms with Crippen LogP contribution in [0.1, 0.15) is 77.6 Å². The molecular weight excluding hydrogens is 368 g/mol. The predicted molar refractivity (Wildman–Crippen MR) is 102 cm³/mol. The second-order valence-electron chi connectivity index (χ2n) is 8.77. The lowest BCUT2D eigenvalue weighted by molar-refractivity contribution is -0.224. The van der Waals surface area contributed by atoms with Gasteiger partial charge in [0.25, 0.3) is 0 Å². The van der Waals surface area contributed by atoms with E-state index in [1.165, 1.54) is 44.9 Å². The molecule has 0 aliphatic heterocycles. The summed E-state index contributed by atoms with van der Waals surface area (Å²) in [5, 5.41) is 0. The summed E-state index contributed by atoms with van der Waals surface area (Å²) in [6.07, 6.45) is 8.09. The first-order valence-electron chi connectivity index (χ1n) is 10.9. The number of hydrogen-bond acceptors (Lipinski definition) is 1. The van der Waals surface area contributed by atoms with Gasteiger partial charge in [0.2, 0.25) is 0 Å². The molecule has 0 bridgehead atoms. The number of alkyl halides is 2. The molecule has 0 N–H and O–H groups in total. The number of rotatable bonds is 7. The van der Waals surface area contributed by atoms with Gasteiger partial charge < -0.3 is 4.74 Å². The molecule has 2 saturated carbocycles. The molecule has 5 heteroatoms. The Morgan fingerprint density at radius 3 is 2.07 bits per heavy atom. The number of ether oxygens (including phenoxy) is 1. The summed E-state index contributed by atoms with van der Waals surface area (Å²) in [4.78, 5) is 0. The summed E-state index contributed by atoms with van der Waals surface area (Å²) in [5.74, 6) is -1.34. The molecule has 2 aliphatic carbocycles. The van der Waals surface area contributed by atoms with Crippen LogP contribution in [-0.4, -0.2) is 6.11 Å². The van der Waals surface area contributed by atoms with E-state index >= 15 is 0 Å². The molecule has 0 heterocycles. The van der Waals surface area contributed by atoms with Crippen LogP contribution < -0.4 is 4.74 Å². The van der Waals surface area contributed by atoms with Crippen LogP contribution >= 0.6 is 0 Å². The third-order valence-electron chi connectivity index (χ3n) is 6.92. The van der Waals surface area contributed by atoms with Gasteiger partial charge >= 0.3 is 6.11 Å². The maximum Gasteiger partial charge on any atom is 0.400 e. The van der Waals surface area contributed by atoms with Crippen LogP contribution in [0.3, 0.4) is 0 Å². The third-order valence-corrected chi connectivity index (χ3v) is 6.92. The predicted octanol–water partition coefficient (Wildman–Crippen LogP) is 7.74. The molecule has 28 heavy (non-hydrogen) atoms. The summed E-state index contributed by atoms with van der Waals surface area (Å²) in [6.45, 7) is 2.23. The first kappa shape index (κ1) is 21.4. The van der Waals surface area contributed by atoms with Crippen LogP contribution in [0, 0.1) is 35.3 Å². The molecule has 1 nitrogen and oxygen atoms in total. The molecule has 0 aromatic heterocycles. The van der Waals surface area contributed by atoms with E-state index in [9.17, 15) is 17.6 Å². The Hall–Kier alpha value is -1.26. The molecule has 0 spiro atoms. The minimum atomic E-state index is -3.35. The first-order chi connectivity index (χ1) is 13.4. The van der Waals surface area contributed by atoms with Gasteiger partial charge in [-0.05, 0) is 68.4 Å². The number of halogens is 4. The van der Waals surface area contributed by atoms with Gasteiger partial charge in [0.05, 0.1) is 5.92 Å². The zero-order chi connectivity index (χ0) is 20.1. The standard InChI is InChI=1S/C23H32F4O/c1-2-3-4-16-5-7-17(8-6-16)18-9-11-19(12-10-18)23(26,27)28-20-13-14-21(24)22(25)15-20/h13-19H,2-12H2,1H3. The van der Waals surface area contributed by atoms with Crippen molar-refractivity contribution in [3.05, 3.63) is 29.8 Å². The van der Waals surface area contributed by atoms with Crippen molar-refractivity contribution in [2.24, 2.45) is 23.7 Å². The normalized spacial score (nSPS) is 28.9. The molecule has 1 aromatic rings. The summed E-state index contributed by atoms with van der Waals surface area (Å²) >= 11 is 0. The van der Waals surface area contributed by atoms with Crippen molar-refractivity contribution < 1.29 is 22.3 Å². The van der Waals surface area contributed by atoms with Crippen LogP contribution in [0.5, 0.6) is 5.75 Å². The number of hydrogen-bond donors (Lipinski definition) is 0. The topological polar surface area (TPSA) is 9.23 Å². The van der Waals surface area contributed by atoms with Crippen LogP contribution in [0.15, 0.2) is 18.2 Å². The maximum absolute atomic E-state index is 14.5. The van der Waals surface area contributed by atoms with Crippen LogP contribution in [-0.2, 0) is 0 Å². The lowest BCUT2D eigenvalue weighted by Crippen LogP contribution is -2.38. The highest BCUT2D eigenvalue weighted by atomic mass is 19.3. The van der Waals surface area contributed by atoms with Crippen LogP contribution in [0.25, 0.3) is 0 Å². The Balaban J connectivity index is 1.47. The number of unbranched alkanes of at least 4 members (excludes halogenated alkanes) is 1. The van der Waals surface area contributed by atoms with Gasteiger partial charge in [0.1, 0.15) is 5.75 Å². The van der Waals surface area contributed by atoms with Gasteiger partial charge in [-0.2, -0.15) is 8.78 Å². The molecule has 0 radical (unpaired) electrons. The second kappa shape index (κ2) is 9.49. The lowest BCUT2D eigenvalue weighted by Gasteiger charge is -2.39. The van der Waals surface area contributed by atoms with E-state index in [-0.39, 0.29) is 5.75 Å². The van der Waals surface area contributed by atoms with Gasteiger partial charge in [-0.15, -0.1) is 0 Å². The fourth-order valence-corrected chi connectivity index (χ4v) is 5.15. The van der Waals surface area contributed by atoms with Gasteiger partial charge in [-0.1, -0.05) is 39.0 Å². The fourth-order valence-electron chi connectivity index (χ4n) is 5.15. The quantitative estimate of drug-likeness (QED) is 0.425. The number of benzene rings is 1. The Labute approximate surface area is 165 Å². The van der Waals surface area contributed by atoms with E-state index in [4.69, 9.17) is 4.74 Å². The van der Waals surface area contributed by atoms with Crippen molar-refractivity contribution in [1.82, 2.24) is 0 Å². The van der Waals surface area contributed by atoms with Crippen LogP contribution in [0.4, 0.5) is 17.6 Å². The zero-order valence-electron chi connectivity index (χ0n) is 16.7. The highest BCUT2D eigenvalue weighted by Crippen LogP contribution is 2.46. The van der Waals surface area contributed by atoms with Crippen molar-refractivity contribution in [2.45, 2.75) is 83.7 Å². The monoisotopic (exact) mass is 400 g/mol. The van der Waals surface area contributed by atoms with E-state index in [0.29, 0.717) is 30.7 Å². The smallest absolute Gasteiger partial charge is 0.400 e. The van der Waals surface area contributed by atoms with E-state index in [2.05, 4.69) is 6.92 Å². The van der Waals surface area contributed by atoms with Crippen molar-refractivity contribution in [1.29, 1.82) is 0 Å². The summed E-state index contributed by atoms with van der Waals surface area (Å²) in [7, 11) is 0. The van der Waals surface area contributed by atoms with Crippen LogP contribution in [0.2, 0.25) is 0 Å². The molecule has 158 valence electrons. The zero-order valence-corrected chi connectivity index (χ0v) is 16.7. The van der Waals surface area contributed by atoms with Crippen molar-refractivity contribution in [3.63, 3.8) is 0 Å². The molecule has 0 atom stereocenters. The van der Waals surface area contributed by atoms with E-state index in [0.717, 1.165) is 30.9 Å². The molecule has 0 unspecified atom stereocenters. The Morgan fingerprint density at radius 2 is 1.50 bits per heavy atom. The average Bonchev–Trinajstić information content (AvgIpc) is 2.69. The molecule has 0 amide bonds.